The van der Waals surface area contributed by atoms with Crippen molar-refractivity contribution in [3.8, 4) is 0 Å². The van der Waals surface area contributed by atoms with Crippen LogP contribution in [0.15, 0.2) is 30.5 Å². The Morgan fingerprint density at radius 1 is 1.27 bits per heavy atom. The monoisotopic (exact) mass is 200 g/mol. The molecule has 2 heteroatoms. The van der Waals surface area contributed by atoms with Crippen LogP contribution in [-0.2, 0) is 6.42 Å². The molecule has 0 radical (unpaired) electrons. The molecule has 2 heterocycles. The Morgan fingerprint density at radius 2 is 2.27 bits per heavy atom. The van der Waals surface area contributed by atoms with Crippen LogP contribution in [0.5, 0.6) is 0 Å². The van der Waals surface area contributed by atoms with E-state index < -0.39 is 0 Å². The van der Waals surface area contributed by atoms with E-state index in [0.29, 0.717) is 6.04 Å². The summed E-state index contributed by atoms with van der Waals surface area (Å²) in [6.45, 7) is 1.19. The van der Waals surface area contributed by atoms with Crippen molar-refractivity contribution in [2.75, 3.05) is 6.54 Å². The third kappa shape index (κ3) is 1.65. The topological polar surface area (TPSA) is 27.8 Å². The van der Waals surface area contributed by atoms with Crippen LogP contribution in [0.25, 0.3) is 10.9 Å². The number of aromatic amines is 1. The minimum atomic E-state index is 0.686. The zero-order valence-corrected chi connectivity index (χ0v) is 8.79. The summed E-state index contributed by atoms with van der Waals surface area (Å²) in [6, 6.07) is 9.39. The lowest BCUT2D eigenvalue weighted by molar-refractivity contribution is 0.605. The van der Waals surface area contributed by atoms with Gasteiger partial charge in [0.1, 0.15) is 0 Å². The first-order chi connectivity index (χ1) is 7.43. The number of nitrogens with one attached hydrogen (secondary N) is 2. The van der Waals surface area contributed by atoms with Crippen LogP contribution in [-0.4, -0.2) is 17.6 Å². The number of aromatic nitrogens is 1. The van der Waals surface area contributed by atoms with E-state index in [2.05, 4.69) is 34.6 Å². The first-order valence-corrected chi connectivity index (χ1v) is 5.72. The van der Waals surface area contributed by atoms with Crippen LogP contribution < -0.4 is 5.32 Å². The molecule has 2 aromatic rings. The highest BCUT2D eigenvalue weighted by atomic mass is 14.9. The molecule has 1 aliphatic rings. The average Bonchev–Trinajstić information content (AvgIpc) is 2.87. The van der Waals surface area contributed by atoms with Crippen molar-refractivity contribution in [2.24, 2.45) is 0 Å². The van der Waals surface area contributed by atoms with E-state index >= 15 is 0 Å². The molecule has 0 amide bonds. The fourth-order valence-electron chi connectivity index (χ4n) is 2.52. The zero-order chi connectivity index (χ0) is 10.1. The van der Waals surface area contributed by atoms with Gasteiger partial charge >= 0.3 is 0 Å². The molecule has 78 valence electrons. The maximum Gasteiger partial charge on any atom is 0.0456 e. The number of fused-ring (bicyclic) bond motifs is 1. The van der Waals surface area contributed by atoms with Crippen LogP contribution in [0.3, 0.4) is 0 Å². The highest BCUT2D eigenvalue weighted by Gasteiger charge is 2.15. The number of rotatable bonds is 2. The third-order valence-electron chi connectivity index (χ3n) is 3.31. The molecule has 1 aromatic heterocycles. The van der Waals surface area contributed by atoms with Crippen LogP contribution in [0.2, 0.25) is 0 Å². The molecule has 3 rings (SSSR count). The molecule has 2 N–H and O–H groups in total. The smallest absolute Gasteiger partial charge is 0.0456 e. The van der Waals surface area contributed by atoms with Crippen molar-refractivity contribution >= 4 is 10.9 Å². The second kappa shape index (κ2) is 3.70. The fraction of sp³-hybridized carbons (Fsp3) is 0.385. The van der Waals surface area contributed by atoms with Gasteiger partial charge in [-0.3, -0.25) is 0 Å². The van der Waals surface area contributed by atoms with Gasteiger partial charge in [-0.2, -0.15) is 0 Å². The van der Waals surface area contributed by atoms with E-state index in [0.717, 1.165) is 6.42 Å². The maximum absolute atomic E-state index is 3.55. The van der Waals surface area contributed by atoms with Crippen LogP contribution in [0, 0.1) is 0 Å². The van der Waals surface area contributed by atoms with Gasteiger partial charge in [-0.25, -0.2) is 0 Å². The van der Waals surface area contributed by atoms with E-state index in [9.17, 15) is 0 Å². The van der Waals surface area contributed by atoms with E-state index in [1.54, 1.807) is 0 Å². The largest absolute Gasteiger partial charge is 0.361 e. The molecular weight excluding hydrogens is 184 g/mol. The molecule has 1 aliphatic heterocycles. The Kier molecular flexibility index (Phi) is 2.22. The first kappa shape index (κ1) is 8.98. The summed E-state index contributed by atoms with van der Waals surface area (Å²) < 4.78 is 0. The normalized spacial score (nSPS) is 21.2. The molecule has 1 atom stereocenters. The van der Waals surface area contributed by atoms with Gasteiger partial charge in [-0.05, 0) is 43.5 Å². The molecule has 1 fully saturated rings. The predicted octanol–water partition coefficient (Wildman–Crippen LogP) is 2.46. The van der Waals surface area contributed by atoms with Gasteiger partial charge in [-0.15, -0.1) is 0 Å². The Hall–Kier alpha value is -1.28. The van der Waals surface area contributed by atoms with Crippen LogP contribution in [0.1, 0.15) is 18.4 Å². The SMILES string of the molecule is c1cc(CC2CCCN2)c2cc[nH]c2c1. The molecule has 0 bridgehead atoms. The zero-order valence-electron chi connectivity index (χ0n) is 8.79. The molecule has 0 spiro atoms. The third-order valence-corrected chi connectivity index (χ3v) is 3.31. The molecule has 0 saturated carbocycles. The minimum absolute atomic E-state index is 0.686. The quantitative estimate of drug-likeness (QED) is 0.765. The molecule has 1 aromatic carbocycles. The summed E-state index contributed by atoms with van der Waals surface area (Å²) in [7, 11) is 0. The van der Waals surface area contributed by atoms with Crippen molar-refractivity contribution in [2.45, 2.75) is 25.3 Å². The van der Waals surface area contributed by atoms with Crippen LogP contribution >= 0.6 is 0 Å². The summed E-state index contributed by atoms with van der Waals surface area (Å²) >= 11 is 0. The highest BCUT2D eigenvalue weighted by Crippen LogP contribution is 2.20. The lowest BCUT2D eigenvalue weighted by atomic mass is 10.0. The van der Waals surface area contributed by atoms with Crippen molar-refractivity contribution in [3.05, 3.63) is 36.0 Å². The van der Waals surface area contributed by atoms with Crippen molar-refractivity contribution in [1.29, 1.82) is 0 Å². The average molecular weight is 200 g/mol. The maximum atomic E-state index is 3.55. The second-order valence-electron chi connectivity index (χ2n) is 4.35. The standard InChI is InChI=1S/C13H16N2/c1-3-10(9-11-4-2-7-14-11)12-6-8-15-13(12)5-1/h1,3,5-6,8,11,14-15H,2,4,7,9H2. The van der Waals surface area contributed by atoms with Crippen molar-refractivity contribution in [1.82, 2.24) is 10.3 Å². The molecule has 1 saturated heterocycles. The van der Waals surface area contributed by atoms with Gasteiger partial charge in [0.15, 0.2) is 0 Å². The molecule has 0 aliphatic carbocycles. The number of hydrogen-bond donors (Lipinski definition) is 2. The molecule has 15 heavy (non-hydrogen) atoms. The Balaban J connectivity index is 1.92. The molecular formula is C13H16N2. The fourth-order valence-corrected chi connectivity index (χ4v) is 2.52. The highest BCUT2D eigenvalue weighted by molar-refractivity contribution is 5.82. The van der Waals surface area contributed by atoms with Gasteiger partial charge < -0.3 is 10.3 Å². The molecule has 1 unspecified atom stereocenters. The van der Waals surface area contributed by atoms with Gasteiger partial charge in [0, 0.05) is 23.1 Å². The summed E-state index contributed by atoms with van der Waals surface area (Å²) in [5.41, 5.74) is 2.72. The van der Waals surface area contributed by atoms with Gasteiger partial charge in [0.2, 0.25) is 0 Å². The minimum Gasteiger partial charge on any atom is -0.361 e. The second-order valence-corrected chi connectivity index (χ2v) is 4.35. The lowest BCUT2D eigenvalue weighted by Gasteiger charge is -2.10. The Morgan fingerprint density at radius 3 is 3.13 bits per heavy atom. The first-order valence-electron chi connectivity index (χ1n) is 5.72. The van der Waals surface area contributed by atoms with Gasteiger partial charge in [0.25, 0.3) is 0 Å². The Bertz CT molecular complexity index is 452. The number of H-pyrrole nitrogens is 1. The lowest BCUT2D eigenvalue weighted by Crippen LogP contribution is -2.23. The van der Waals surface area contributed by atoms with Gasteiger partial charge in [0.05, 0.1) is 0 Å². The van der Waals surface area contributed by atoms with E-state index in [4.69, 9.17) is 0 Å². The summed E-state index contributed by atoms with van der Waals surface area (Å²) in [5.74, 6) is 0. The predicted molar refractivity (Wildman–Crippen MR) is 63.0 cm³/mol. The van der Waals surface area contributed by atoms with Gasteiger partial charge in [-0.1, -0.05) is 12.1 Å². The number of benzene rings is 1. The summed E-state index contributed by atoms with van der Waals surface area (Å²) in [6.07, 6.45) is 5.83. The van der Waals surface area contributed by atoms with Crippen molar-refractivity contribution < 1.29 is 0 Å². The van der Waals surface area contributed by atoms with E-state index in [1.165, 1.54) is 35.9 Å². The number of hydrogen-bond acceptors (Lipinski definition) is 1. The van der Waals surface area contributed by atoms with E-state index in [-0.39, 0.29) is 0 Å². The Labute approximate surface area is 89.7 Å². The van der Waals surface area contributed by atoms with Crippen molar-refractivity contribution in [3.63, 3.8) is 0 Å². The van der Waals surface area contributed by atoms with Crippen LogP contribution in [0.4, 0.5) is 0 Å². The van der Waals surface area contributed by atoms with E-state index in [1.807, 2.05) is 6.20 Å². The summed E-state index contributed by atoms with van der Waals surface area (Å²) in [5, 5.41) is 4.93. The summed E-state index contributed by atoms with van der Waals surface area (Å²) in [4.78, 5) is 3.26. The molecule has 2 nitrogen and oxygen atoms in total.